The number of nitrogens with one attached hydrogen (secondary N) is 2. The van der Waals surface area contributed by atoms with E-state index in [9.17, 15) is 9.59 Å². The van der Waals surface area contributed by atoms with Crippen LogP contribution in [-0.4, -0.2) is 44.2 Å². The fourth-order valence-corrected chi connectivity index (χ4v) is 3.10. The Labute approximate surface area is 151 Å². The van der Waals surface area contributed by atoms with Gasteiger partial charge in [0.05, 0.1) is 14.2 Å². The summed E-state index contributed by atoms with van der Waals surface area (Å²) in [5.74, 6) is 1.26. The van der Waals surface area contributed by atoms with E-state index in [4.69, 9.17) is 9.47 Å². The molecule has 7 heteroatoms. The van der Waals surface area contributed by atoms with Crippen LogP contribution in [0.1, 0.15) is 23.3 Å². The highest BCUT2D eigenvalue weighted by Gasteiger charge is 2.22. The summed E-state index contributed by atoms with van der Waals surface area (Å²) < 4.78 is 10.7. The Hall–Kier alpha value is -2.96. The van der Waals surface area contributed by atoms with Crippen LogP contribution in [0, 0.1) is 0 Å². The summed E-state index contributed by atoms with van der Waals surface area (Å²) in [6, 6.07) is 10.5. The molecule has 1 amide bonds. The van der Waals surface area contributed by atoms with Gasteiger partial charge in [0.15, 0.2) is 0 Å². The number of piperidine rings is 1. The summed E-state index contributed by atoms with van der Waals surface area (Å²) in [4.78, 5) is 28.4. The summed E-state index contributed by atoms with van der Waals surface area (Å²) in [6.07, 6.45) is 1.64. The number of hydrogen-bond acceptors (Lipinski definition) is 5. The number of aromatic nitrogens is 1. The van der Waals surface area contributed by atoms with Crippen molar-refractivity contribution in [2.24, 2.45) is 0 Å². The molecule has 0 bridgehead atoms. The Morgan fingerprint density at radius 1 is 1.12 bits per heavy atom. The summed E-state index contributed by atoms with van der Waals surface area (Å²) in [5.41, 5.74) is 1.05. The van der Waals surface area contributed by atoms with E-state index in [1.54, 1.807) is 26.4 Å². The smallest absolute Gasteiger partial charge is 0.268 e. The van der Waals surface area contributed by atoms with E-state index >= 15 is 0 Å². The van der Waals surface area contributed by atoms with E-state index in [0.29, 0.717) is 0 Å². The fourth-order valence-electron chi connectivity index (χ4n) is 3.10. The van der Waals surface area contributed by atoms with Crippen LogP contribution in [0.5, 0.6) is 11.5 Å². The molecular weight excluding hydrogens is 334 g/mol. The van der Waals surface area contributed by atoms with Crippen molar-refractivity contribution in [1.82, 2.24) is 10.3 Å². The summed E-state index contributed by atoms with van der Waals surface area (Å²) in [6.45, 7) is 1.62. The Kier molecular flexibility index (Phi) is 5.46. The number of anilines is 1. The minimum atomic E-state index is -0.278. The number of aromatic amines is 1. The van der Waals surface area contributed by atoms with Gasteiger partial charge in [-0.2, -0.15) is 0 Å². The average molecular weight is 357 g/mol. The third-order valence-corrected chi connectivity index (χ3v) is 4.54. The molecule has 7 nitrogen and oxygen atoms in total. The highest BCUT2D eigenvalue weighted by atomic mass is 16.5. The lowest BCUT2D eigenvalue weighted by atomic mass is 10.0. The molecule has 0 aliphatic carbocycles. The van der Waals surface area contributed by atoms with Crippen LogP contribution in [0.2, 0.25) is 0 Å². The topological polar surface area (TPSA) is 83.7 Å². The zero-order valence-electron chi connectivity index (χ0n) is 15.0. The molecule has 2 aromatic rings. The number of methoxy groups -OCH3 is 2. The monoisotopic (exact) mass is 357 g/mol. The van der Waals surface area contributed by atoms with Crippen LogP contribution >= 0.6 is 0 Å². The van der Waals surface area contributed by atoms with E-state index in [1.165, 1.54) is 6.07 Å². The predicted molar refractivity (Wildman–Crippen MR) is 99.3 cm³/mol. The zero-order valence-corrected chi connectivity index (χ0v) is 15.0. The van der Waals surface area contributed by atoms with E-state index in [-0.39, 0.29) is 23.2 Å². The molecule has 1 aliphatic rings. The van der Waals surface area contributed by atoms with Gasteiger partial charge in [-0.15, -0.1) is 0 Å². The number of nitrogens with zero attached hydrogens (tertiary/aromatic N) is 1. The van der Waals surface area contributed by atoms with Gasteiger partial charge in [0, 0.05) is 49.1 Å². The molecule has 2 heterocycles. The maximum absolute atomic E-state index is 12.3. The molecule has 1 saturated heterocycles. The van der Waals surface area contributed by atoms with Crippen LogP contribution in [-0.2, 0) is 0 Å². The number of hydrogen-bond donors (Lipinski definition) is 2. The van der Waals surface area contributed by atoms with E-state index < -0.39 is 0 Å². The molecule has 0 unspecified atom stereocenters. The van der Waals surface area contributed by atoms with Gasteiger partial charge in [0.25, 0.3) is 5.91 Å². The number of pyridine rings is 1. The van der Waals surface area contributed by atoms with Gasteiger partial charge in [0.2, 0.25) is 5.56 Å². The first-order valence-electron chi connectivity index (χ1n) is 8.57. The molecule has 0 spiro atoms. The highest BCUT2D eigenvalue weighted by molar-refractivity contribution is 5.92. The minimum Gasteiger partial charge on any atom is -0.497 e. The third kappa shape index (κ3) is 4.17. The number of carbonyl (C=O) groups excluding carboxylic acids is 1. The van der Waals surface area contributed by atoms with E-state index in [1.807, 2.05) is 18.2 Å². The number of amides is 1. The highest BCUT2D eigenvalue weighted by Crippen LogP contribution is 2.30. The van der Waals surface area contributed by atoms with Crippen molar-refractivity contribution in [2.75, 3.05) is 32.2 Å². The zero-order chi connectivity index (χ0) is 18.5. The second kappa shape index (κ2) is 7.95. The van der Waals surface area contributed by atoms with Crippen molar-refractivity contribution in [3.63, 3.8) is 0 Å². The van der Waals surface area contributed by atoms with Gasteiger partial charge in [-0.05, 0) is 18.9 Å². The van der Waals surface area contributed by atoms with Crippen LogP contribution < -0.4 is 25.2 Å². The molecule has 1 aliphatic heterocycles. The summed E-state index contributed by atoms with van der Waals surface area (Å²) in [5, 5.41) is 2.99. The Morgan fingerprint density at radius 2 is 1.77 bits per heavy atom. The van der Waals surface area contributed by atoms with Crippen molar-refractivity contribution in [3.8, 4) is 11.5 Å². The molecule has 26 heavy (non-hydrogen) atoms. The first-order chi connectivity index (χ1) is 12.6. The molecule has 1 aromatic carbocycles. The van der Waals surface area contributed by atoms with E-state index in [2.05, 4.69) is 15.2 Å². The Morgan fingerprint density at radius 3 is 2.35 bits per heavy atom. The first-order valence-corrected chi connectivity index (χ1v) is 8.57. The van der Waals surface area contributed by atoms with Crippen molar-refractivity contribution in [2.45, 2.75) is 18.9 Å². The number of carbonyl (C=O) groups is 1. The van der Waals surface area contributed by atoms with Gasteiger partial charge in [-0.3, -0.25) is 9.59 Å². The van der Waals surface area contributed by atoms with Crippen molar-refractivity contribution >= 4 is 11.6 Å². The SMILES string of the molecule is COc1cc(OC)cc(N2CCC(NC(=O)c3cccc(=O)[nH]3)CC2)c1. The maximum Gasteiger partial charge on any atom is 0.268 e. The lowest BCUT2D eigenvalue weighted by Gasteiger charge is -2.34. The van der Waals surface area contributed by atoms with E-state index in [0.717, 1.165) is 43.1 Å². The molecule has 1 aromatic heterocycles. The molecule has 2 N–H and O–H groups in total. The van der Waals surface area contributed by atoms with Crippen molar-refractivity contribution in [1.29, 1.82) is 0 Å². The Balaban J connectivity index is 1.61. The number of ether oxygens (including phenoxy) is 2. The normalized spacial score (nSPS) is 14.8. The predicted octanol–water partition coefficient (Wildman–Crippen LogP) is 1.79. The third-order valence-electron chi connectivity index (χ3n) is 4.54. The molecule has 0 saturated carbocycles. The summed E-state index contributed by atoms with van der Waals surface area (Å²) >= 11 is 0. The fraction of sp³-hybridized carbons (Fsp3) is 0.368. The largest absolute Gasteiger partial charge is 0.497 e. The van der Waals surface area contributed by atoms with Crippen LogP contribution in [0.4, 0.5) is 5.69 Å². The van der Waals surface area contributed by atoms with Crippen molar-refractivity contribution < 1.29 is 14.3 Å². The number of rotatable bonds is 5. The summed E-state index contributed by atoms with van der Waals surface area (Å²) in [7, 11) is 3.27. The average Bonchev–Trinajstić information content (AvgIpc) is 2.68. The molecular formula is C19H23N3O4. The van der Waals surface area contributed by atoms with Crippen LogP contribution in [0.25, 0.3) is 0 Å². The molecule has 0 radical (unpaired) electrons. The van der Waals surface area contributed by atoms with Crippen LogP contribution in [0.3, 0.4) is 0 Å². The minimum absolute atomic E-state index is 0.0787. The van der Waals surface area contributed by atoms with Crippen LogP contribution in [0.15, 0.2) is 41.2 Å². The quantitative estimate of drug-likeness (QED) is 0.852. The Bertz CT molecular complexity index is 803. The van der Waals surface area contributed by atoms with Gasteiger partial charge in [-0.1, -0.05) is 6.07 Å². The van der Waals surface area contributed by atoms with Gasteiger partial charge in [0.1, 0.15) is 17.2 Å². The lowest BCUT2D eigenvalue weighted by Crippen LogP contribution is -2.45. The maximum atomic E-state index is 12.3. The van der Waals surface area contributed by atoms with Gasteiger partial charge in [-0.25, -0.2) is 0 Å². The lowest BCUT2D eigenvalue weighted by molar-refractivity contribution is 0.0926. The second-order valence-corrected chi connectivity index (χ2v) is 6.23. The number of benzene rings is 1. The molecule has 1 fully saturated rings. The first kappa shape index (κ1) is 17.8. The van der Waals surface area contributed by atoms with Gasteiger partial charge >= 0.3 is 0 Å². The molecule has 138 valence electrons. The van der Waals surface area contributed by atoms with Gasteiger partial charge < -0.3 is 24.7 Å². The molecule has 3 rings (SSSR count). The standard InChI is InChI=1S/C19H23N3O4/c1-25-15-10-14(11-16(12-15)26-2)22-8-6-13(7-9-22)20-19(24)17-4-3-5-18(23)21-17/h3-5,10-13H,6-9H2,1-2H3,(H,20,24)(H,21,23). The van der Waals surface area contributed by atoms with Crippen molar-refractivity contribution in [3.05, 3.63) is 52.4 Å². The second-order valence-electron chi connectivity index (χ2n) is 6.23. The number of H-pyrrole nitrogens is 1. The molecule has 0 atom stereocenters.